The summed E-state index contributed by atoms with van der Waals surface area (Å²) in [6.07, 6.45) is 3.59. The lowest BCUT2D eigenvalue weighted by Crippen LogP contribution is -2.35. The van der Waals surface area contributed by atoms with E-state index in [4.69, 9.17) is 5.73 Å². The topological polar surface area (TPSA) is 38.9 Å². The van der Waals surface area contributed by atoms with Gasteiger partial charge in [-0.3, -0.25) is 4.98 Å². The predicted octanol–water partition coefficient (Wildman–Crippen LogP) is 3.82. The molecule has 0 aliphatic carbocycles. The molecule has 0 radical (unpaired) electrons. The Labute approximate surface area is 123 Å². The van der Waals surface area contributed by atoms with Gasteiger partial charge in [-0.05, 0) is 52.5 Å². The molecule has 3 heteroatoms. The van der Waals surface area contributed by atoms with Gasteiger partial charge in [0.15, 0.2) is 0 Å². The zero-order valence-electron chi connectivity index (χ0n) is 11.4. The number of nitrogens with two attached hydrogens (primary N) is 1. The van der Waals surface area contributed by atoms with Crippen LogP contribution >= 0.6 is 15.9 Å². The Bertz CT molecular complexity index is 530. The summed E-state index contributed by atoms with van der Waals surface area (Å²) >= 11 is 3.39. The van der Waals surface area contributed by atoms with Crippen molar-refractivity contribution in [3.05, 3.63) is 63.9 Å². The Balaban J connectivity index is 2.18. The van der Waals surface area contributed by atoms with E-state index in [1.54, 1.807) is 0 Å². The minimum atomic E-state index is -0.396. The Morgan fingerprint density at radius 2 is 1.84 bits per heavy atom. The third kappa shape index (κ3) is 3.64. The molecule has 0 aliphatic rings. The Kier molecular flexibility index (Phi) is 4.38. The highest BCUT2D eigenvalue weighted by molar-refractivity contribution is 9.10. The van der Waals surface area contributed by atoms with Gasteiger partial charge in [-0.25, -0.2) is 0 Å². The van der Waals surface area contributed by atoms with Crippen LogP contribution in [0.5, 0.6) is 0 Å². The average Bonchev–Trinajstić information content (AvgIpc) is 2.41. The first kappa shape index (κ1) is 14.2. The fraction of sp³-hybridized carbons (Fsp3) is 0.312. The SMILES string of the molecule is CCc1ccc(C(C)(N)Cc2ccc(Br)cn2)cc1. The van der Waals surface area contributed by atoms with Crippen molar-refractivity contribution < 1.29 is 0 Å². The molecule has 1 unspecified atom stereocenters. The summed E-state index contributed by atoms with van der Waals surface area (Å²) in [5.41, 5.74) is 9.54. The maximum absolute atomic E-state index is 6.45. The number of benzene rings is 1. The second kappa shape index (κ2) is 5.85. The minimum Gasteiger partial charge on any atom is -0.321 e. The molecule has 1 heterocycles. The molecule has 0 spiro atoms. The lowest BCUT2D eigenvalue weighted by atomic mass is 9.87. The second-order valence-electron chi connectivity index (χ2n) is 5.11. The van der Waals surface area contributed by atoms with Crippen LogP contribution < -0.4 is 5.73 Å². The first-order valence-corrected chi connectivity index (χ1v) is 7.29. The van der Waals surface area contributed by atoms with Gasteiger partial charge < -0.3 is 5.73 Å². The van der Waals surface area contributed by atoms with Crippen molar-refractivity contribution in [3.63, 3.8) is 0 Å². The number of hydrogen-bond donors (Lipinski definition) is 1. The standard InChI is InChI=1S/C16H19BrN2/c1-3-12-4-6-13(7-5-12)16(2,18)10-15-9-8-14(17)11-19-15/h4-9,11H,3,10,18H2,1-2H3. The number of pyridine rings is 1. The molecule has 1 aromatic heterocycles. The van der Waals surface area contributed by atoms with Crippen LogP contribution in [0.25, 0.3) is 0 Å². The summed E-state index contributed by atoms with van der Waals surface area (Å²) in [4.78, 5) is 4.40. The number of rotatable bonds is 4. The third-order valence-electron chi connectivity index (χ3n) is 3.36. The van der Waals surface area contributed by atoms with E-state index in [2.05, 4.69) is 59.0 Å². The van der Waals surface area contributed by atoms with E-state index < -0.39 is 5.54 Å². The predicted molar refractivity (Wildman–Crippen MR) is 83.0 cm³/mol. The highest BCUT2D eigenvalue weighted by Gasteiger charge is 2.22. The number of aryl methyl sites for hydroxylation is 1. The third-order valence-corrected chi connectivity index (χ3v) is 3.83. The Hall–Kier alpha value is -1.19. The van der Waals surface area contributed by atoms with E-state index in [-0.39, 0.29) is 0 Å². The van der Waals surface area contributed by atoms with Gasteiger partial charge in [0.2, 0.25) is 0 Å². The quantitative estimate of drug-likeness (QED) is 0.930. The number of hydrogen-bond acceptors (Lipinski definition) is 2. The Morgan fingerprint density at radius 3 is 2.37 bits per heavy atom. The molecule has 2 aromatic rings. The number of aromatic nitrogens is 1. The number of nitrogens with zero attached hydrogens (tertiary/aromatic N) is 1. The summed E-state index contributed by atoms with van der Waals surface area (Å²) in [6, 6.07) is 12.6. The van der Waals surface area contributed by atoms with Crippen LogP contribution in [0.1, 0.15) is 30.7 Å². The van der Waals surface area contributed by atoms with Gasteiger partial charge in [-0.15, -0.1) is 0 Å². The monoisotopic (exact) mass is 318 g/mol. The molecule has 1 aromatic carbocycles. The fourth-order valence-electron chi connectivity index (χ4n) is 2.11. The van der Waals surface area contributed by atoms with Gasteiger partial charge in [0.05, 0.1) is 0 Å². The van der Waals surface area contributed by atoms with E-state index in [0.29, 0.717) is 0 Å². The summed E-state index contributed by atoms with van der Waals surface area (Å²) in [6.45, 7) is 4.21. The lowest BCUT2D eigenvalue weighted by molar-refractivity contribution is 0.485. The van der Waals surface area contributed by atoms with Crippen molar-refractivity contribution in [1.29, 1.82) is 0 Å². The van der Waals surface area contributed by atoms with Crippen LogP contribution in [0, 0.1) is 0 Å². The molecular formula is C16H19BrN2. The van der Waals surface area contributed by atoms with Crippen molar-refractivity contribution in [1.82, 2.24) is 4.98 Å². The van der Waals surface area contributed by atoms with Gasteiger partial charge >= 0.3 is 0 Å². The van der Waals surface area contributed by atoms with E-state index in [1.165, 1.54) is 5.56 Å². The van der Waals surface area contributed by atoms with Crippen LogP contribution in [0.15, 0.2) is 47.1 Å². The summed E-state index contributed by atoms with van der Waals surface area (Å²) in [5.74, 6) is 0. The van der Waals surface area contributed by atoms with Gasteiger partial charge in [0.1, 0.15) is 0 Å². The Morgan fingerprint density at radius 1 is 1.16 bits per heavy atom. The fourth-order valence-corrected chi connectivity index (χ4v) is 2.35. The van der Waals surface area contributed by atoms with Crippen LogP contribution in [-0.2, 0) is 18.4 Å². The molecule has 0 fully saturated rings. The van der Waals surface area contributed by atoms with Crippen LogP contribution in [-0.4, -0.2) is 4.98 Å². The summed E-state index contributed by atoms with van der Waals surface area (Å²) < 4.78 is 0.988. The van der Waals surface area contributed by atoms with Gasteiger partial charge in [-0.1, -0.05) is 31.2 Å². The first-order chi connectivity index (χ1) is 9.01. The molecule has 1 atom stereocenters. The van der Waals surface area contributed by atoms with Crippen molar-refractivity contribution in [2.24, 2.45) is 5.73 Å². The molecular weight excluding hydrogens is 300 g/mol. The molecule has 0 bridgehead atoms. The normalized spacial score (nSPS) is 14.1. The average molecular weight is 319 g/mol. The summed E-state index contributed by atoms with van der Waals surface area (Å²) in [7, 11) is 0. The molecule has 2 nitrogen and oxygen atoms in total. The van der Waals surface area contributed by atoms with E-state index in [0.717, 1.165) is 28.6 Å². The van der Waals surface area contributed by atoms with Crippen molar-refractivity contribution in [2.45, 2.75) is 32.2 Å². The summed E-state index contributed by atoms with van der Waals surface area (Å²) in [5, 5.41) is 0. The molecule has 0 amide bonds. The number of halogens is 1. The van der Waals surface area contributed by atoms with Gasteiger partial charge in [0.25, 0.3) is 0 Å². The zero-order valence-corrected chi connectivity index (χ0v) is 12.9. The van der Waals surface area contributed by atoms with Crippen molar-refractivity contribution >= 4 is 15.9 Å². The highest BCUT2D eigenvalue weighted by atomic mass is 79.9. The molecule has 100 valence electrons. The van der Waals surface area contributed by atoms with Crippen LogP contribution in [0.3, 0.4) is 0 Å². The largest absolute Gasteiger partial charge is 0.321 e. The molecule has 19 heavy (non-hydrogen) atoms. The van der Waals surface area contributed by atoms with Crippen molar-refractivity contribution in [3.8, 4) is 0 Å². The smallest absolute Gasteiger partial charge is 0.0436 e. The van der Waals surface area contributed by atoms with Crippen molar-refractivity contribution in [2.75, 3.05) is 0 Å². The lowest BCUT2D eigenvalue weighted by Gasteiger charge is -2.25. The maximum Gasteiger partial charge on any atom is 0.0436 e. The minimum absolute atomic E-state index is 0.396. The zero-order chi connectivity index (χ0) is 13.9. The van der Waals surface area contributed by atoms with Crippen LogP contribution in [0.4, 0.5) is 0 Å². The van der Waals surface area contributed by atoms with Crippen LogP contribution in [0.2, 0.25) is 0 Å². The highest BCUT2D eigenvalue weighted by Crippen LogP contribution is 2.23. The second-order valence-corrected chi connectivity index (χ2v) is 6.03. The first-order valence-electron chi connectivity index (χ1n) is 6.50. The van der Waals surface area contributed by atoms with E-state index in [1.807, 2.05) is 18.3 Å². The van der Waals surface area contributed by atoms with E-state index >= 15 is 0 Å². The maximum atomic E-state index is 6.45. The molecule has 0 saturated carbocycles. The van der Waals surface area contributed by atoms with Gasteiger partial charge in [0, 0.05) is 28.3 Å². The molecule has 2 rings (SSSR count). The molecule has 0 saturated heterocycles. The van der Waals surface area contributed by atoms with Gasteiger partial charge in [-0.2, -0.15) is 0 Å². The van der Waals surface area contributed by atoms with E-state index in [9.17, 15) is 0 Å². The molecule has 0 aliphatic heterocycles. The molecule has 2 N–H and O–H groups in total.